The number of aliphatic hydroxyl groups excluding tert-OH is 2. The Morgan fingerprint density at radius 3 is 2.58 bits per heavy atom. The van der Waals surface area contributed by atoms with Gasteiger partial charge in [-0.25, -0.2) is 9.07 Å². The smallest absolute Gasteiger partial charge is 0.394 e. The van der Waals surface area contributed by atoms with Crippen molar-refractivity contribution >= 4 is 27.5 Å². The topological polar surface area (TPSA) is 83.4 Å². The lowest BCUT2D eigenvalue weighted by atomic mass is 9.85. The van der Waals surface area contributed by atoms with Gasteiger partial charge in [-0.2, -0.15) is 18.3 Å². The minimum absolute atomic E-state index is 0.154. The molecule has 1 aliphatic rings. The number of allylic oxidation sites excluding steroid dienone is 4. The maximum atomic E-state index is 14.7. The maximum Gasteiger partial charge on any atom is 0.425 e. The third kappa shape index (κ3) is 3.91. The van der Waals surface area contributed by atoms with E-state index in [0.29, 0.717) is 22.1 Å². The van der Waals surface area contributed by atoms with Gasteiger partial charge in [0.2, 0.25) is 5.60 Å². The van der Waals surface area contributed by atoms with Gasteiger partial charge in [0.15, 0.2) is 0 Å². The SMILES string of the molecule is OCC(O)Cn1cc(C(O)(c2ccc3c(cnn3C3=CCC(F)C=C3)c2)C(F)(F)F)c2ccccc21. The number of rotatable bonds is 6. The quantitative estimate of drug-likeness (QED) is 0.345. The van der Waals surface area contributed by atoms with Gasteiger partial charge in [-0.3, -0.25) is 0 Å². The summed E-state index contributed by atoms with van der Waals surface area (Å²) in [7, 11) is 0. The van der Waals surface area contributed by atoms with Gasteiger partial charge in [-0.1, -0.05) is 30.3 Å². The Balaban J connectivity index is 1.66. The summed E-state index contributed by atoms with van der Waals surface area (Å²) in [6.07, 6.45) is -0.0237. The van der Waals surface area contributed by atoms with E-state index in [2.05, 4.69) is 5.10 Å². The molecule has 0 aliphatic heterocycles. The van der Waals surface area contributed by atoms with Crippen molar-refractivity contribution in [2.75, 3.05) is 6.61 Å². The summed E-state index contributed by atoms with van der Waals surface area (Å²) in [5.41, 5.74) is -2.69. The molecule has 10 heteroatoms. The van der Waals surface area contributed by atoms with E-state index in [4.69, 9.17) is 0 Å². The highest BCUT2D eigenvalue weighted by molar-refractivity contribution is 5.87. The fourth-order valence-corrected chi connectivity index (χ4v) is 4.65. The summed E-state index contributed by atoms with van der Waals surface area (Å²) < 4.78 is 60.3. The fourth-order valence-electron chi connectivity index (χ4n) is 4.65. The average molecular weight is 501 g/mol. The van der Waals surface area contributed by atoms with Crippen molar-refractivity contribution in [2.45, 2.75) is 37.0 Å². The van der Waals surface area contributed by atoms with Gasteiger partial charge in [-0.05, 0) is 35.9 Å². The number of aliphatic hydroxyl groups is 3. The van der Waals surface area contributed by atoms with Crippen LogP contribution in [0, 0.1) is 0 Å². The lowest BCUT2D eigenvalue weighted by molar-refractivity contribution is -0.247. The molecule has 4 aromatic rings. The van der Waals surface area contributed by atoms with Gasteiger partial charge in [0.1, 0.15) is 6.17 Å². The molecule has 6 nitrogen and oxygen atoms in total. The van der Waals surface area contributed by atoms with Gasteiger partial charge < -0.3 is 19.9 Å². The molecule has 3 unspecified atom stereocenters. The van der Waals surface area contributed by atoms with Crippen LogP contribution in [0.4, 0.5) is 17.6 Å². The predicted octanol–water partition coefficient (Wildman–Crippen LogP) is 4.28. The molecule has 1 aliphatic carbocycles. The summed E-state index contributed by atoms with van der Waals surface area (Å²) in [4.78, 5) is 0. The minimum atomic E-state index is -5.09. The van der Waals surface area contributed by atoms with E-state index >= 15 is 0 Å². The molecular formula is C26H23F4N3O3. The molecule has 2 aromatic carbocycles. The van der Waals surface area contributed by atoms with Gasteiger partial charge in [0.25, 0.3) is 0 Å². The van der Waals surface area contributed by atoms with Gasteiger partial charge >= 0.3 is 6.18 Å². The van der Waals surface area contributed by atoms with Crippen molar-refractivity contribution in [3.63, 3.8) is 0 Å². The Labute approximate surface area is 203 Å². The Kier molecular flexibility index (Phi) is 5.98. The monoisotopic (exact) mass is 501 g/mol. The Hall–Kier alpha value is -3.47. The first-order valence-corrected chi connectivity index (χ1v) is 11.3. The second-order valence-electron chi connectivity index (χ2n) is 8.83. The number of benzene rings is 2. The fraction of sp³-hybridized carbons (Fsp3) is 0.269. The van der Waals surface area contributed by atoms with Crippen LogP contribution in [0.5, 0.6) is 0 Å². The Bertz CT molecular complexity index is 1490. The number of halogens is 4. The first-order chi connectivity index (χ1) is 17.1. The van der Waals surface area contributed by atoms with Crippen molar-refractivity contribution in [2.24, 2.45) is 0 Å². The normalized spacial score (nSPS) is 19.0. The predicted molar refractivity (Wildman–Crippen MR) is 127 cm³/mol. The zero-order valence-electron chi connectivity index (χ0n) is 18.9. The summed E-state index contributed by atoms with van der Waals surface area (Å²) in [6, 6.07) is 10.1. The van der Waals surface area contributed by atoms with E-state index in [1.165, 1.54) is 45.8 Å². The molecule has 3 atom stereocenters. The molecule has 0 radical (unpaired) electrons. The minimum Gasteiger partial charge on any atom is -0.394 e. The van der Waals surface area contributed by atoms with E-state index in [0.717, 1.165) is 6.20 Å². The van der Waals surface area contributed by atoms with Crippen LogP contribution < -0.4 is 0 Å². The molecule has 0 amide bonds. The van der Waals surface area contributed by atoms with Crippen LogP contribution in [0.2, 0.25) is 0 Å². The number of aromatic nitrogens is 3. The van der Waals surface area contributed by atoms with Crippen LogP contribution in [0.1, 0.15) is 17.5 Å². The lowest BCUT2D eigenvalue weighted by Crippen LogP contribution is -2.43. The molecular weight excluding hydrogens is 478 g/mol. The van der Waals surface area contributed by atoms with Crippen LogP contribution in [0.15, 0.2) is 73.1 Å². The molecule has 0 fully saturated rings. The molecule has 0 spiro atoms. The summed E-state index contributed by atoms with van der Waals surface area (Å²) in [5.74, 6) is 0. The Morgan fingerprint density at radius 1 is 1.11 bits per heavy atom. The van der Waals surface area contributed by atoms with Crippen molar-refractivity contribution in [1.82, 2.24) is 14.3 Å². The third-order valence-electron chi connectivity index (χ3n) is 6.47. The standard InChI is InChI=1S/C26H23F4N3O3/c27-18-6-8-19(9-7-18)33-23-10-5-17(11-16(23)12-31-33)25(36,26(28,29)30)22-14-32(13-20(35)15-34)24-4-2-1-3-21(22)24/h1-6,8-12,14,18,20,34-36H,7,13,15H2. The molecule has 2 aromatic heterocycles. The van der Waals surface area contributed by atoms with E-state index in [9.17, 15) is 32.9 Å². The highest BCUT2D eigenvalue weighted by atomic mass is 19.4. The van der Waals surface area contributed by atoms with E-state index < -0.39 is 41.8 Å². The molecule has 3 N–H and O–H groups in total. The first kappa shape index (κ1) is 24.2. The second-order valence-corrected chi connectivity index (χ2v) is 8.83. The van der Waals surface area contributed by atoms with E-state index in [1.807, 2.05) is 0 Å². The van der Waals surface area contributed by atoms with Crippen molar-refractivity contribution in [3.8, 4) is 0 Å². The number of hydrogen-bond acceptors (Lipinski definition) is 4. The number of para-hydroxylation sites is 1. The number of hydrogen-bond donors (Lipinski definition) is 3. The van der Waals surface area contributed by atoms with Crippen LogP contribution in [-0.4, -0.2) is 54.7 Å². The lowest BCUT2D eigenvalue weighted by Gasteiger charge is -2.31. The molecule has 0 saturated carbocycles. The van der Waals surface area contributed by atoms with Crippen LogP contribution in [0.3, 0.4) is 0 Å². The highest BCUT2D eigenvalue weighted by Crippen LogP contribution is 2.47. The summed E-state index contributed by atoms with van der Waals surface area (Å²) >= 11 is 0. The zero-order valence-corrected chi connectivity index (χ0v) is 18.9. The van der Waals surface area contributed by atoms with Crippen LogP contribution >= 0.6 is 0 Å². The van der Waals surface area contributed by atoms with Gasteiger partial charge in [0.05, 0.1) is 36.7 Å². The largest absolute Gasteiger partial charge is 0.425 e. The van der Waals surface area contributed by atoms with Gasteiger partial charge in [0, 0.05) is 34.5 Å². The maximum absolute atomic E-state index is 14.7. The summed E-state index contributed by atoms with van der Waals surface area (Å²) in [6.45, 7) is -0.719. The number of nitrogens with zero attached hydrogens (tertiary/aromatic N) is 3. The zero-order chi connectivity index (χ0) is 25.7. The van der Waals surface area contributed by atoms with Crippen molar-refractivity contribution < 1.29 is 32.9 Å². The third-order valence-corrected chi connectivity index (χ3v) is 6.47. The first-order valence-electron chi connectivity index (χ1n) is 11.3. The second kappa shape index (κ2) is 8.88. The molecule has 5 rings (SSSR count). The number of alkyl halides is 4. The molecule has 0 saturated heterocycles. The van der Waals surface area contributed by atoms with E-state index in [1.54, 1.807) is 30.4 Å². The van der Waals surface area contributed by atoms with Crippen molar-refractivity contribution in [3.05, 3.63) is 84.2 Å². The molecule has 2 heterocycles. The molecule has 36 heavy (non-hydrogen) atoms. The van der Waals surface area contributed by atoms with Crippen molar-refractivity contribution in [1.29, 1.82) is 0 Å². The van der Waals surface area contributed by atoms with Crippen LogP contribution in [0.25, 0.3) is 27.5 Å². The Morgan fingerprint density at radius 2 is 1.89 bits per heavy atom. The van der Waals surface area contributed by atoms with Crippen LogP contribution in [-0.2, 0) is 12.1 Å². The van der Waals surface area contributed by atoms with Gasteiger partial charge in [-0.15, -0.1) is 0 Å². The van der Waals surface area contributed by atoms with E-state index in [-0.39, 0.29) is 18.4 Å². The number of fused-ring (bicyclic) bond motifs is 2. The molecule has 188 valence electrons. The average Bonchev–Trinajstić information content (AvgIpc) is 3.45. The highest BCUT2D eigenvalue weighted by Gasteiger charge is 2.57. The summed E-state index contributed by atoms with van der Waals surface area (Å²) in [5, 5.41) is 35.3. The molecule has 0 bridgehead atoms.